The van der Waals surface area contributed by atoms with E-state index in [-0.39, 0.29) is 23.9 Å². The first-order valence-corrected chi connectivity index (χ1v) is 13.8. The van der Waals surface area contributed by atoms with Crippen molar-refractivity contribution in [1.29, 1.82) is 0 Å². The number of anilines is 1. The second kappa shape index (κ2) is 13.3. The van der Waals surface area contributed by atoms with Crippen LogP contribution in [0.15, 0.2) is 48.5 Å². The first kappa shape index (κ1) is 28.5. The first-order valence-electron chi connectivity index (χ1n) is 11.5. The van der Waals surface area contributed by atoms with Gasteiger partial charge in [0.2, 0.25) is 21.8 Å². The highest BCUT2D eigenvalue weighted by molar-refractivity contribution is 7.92. The van der Waals surface area contributed by atoms with Gasteiger partial charge in [0.05, 0.1) is 19.1 Å². The summed E-state index contributed by atoms with van der Waals surface area (Å²) in [6, 6.07) is 13.1. The summed E-state index contributed by atoms with van der Waals surface area (Å²) in [5, 5.41) is 3.19. The van der Waals surface area contributed by atoms with Crippen molar-refractivity contribution in [2.45, 2.75) is 45.7 Å². The van der Waals surface area contributed by atoms with Gasteiger partial charge in [0.15, 0.2) is 0 Å². The third-order valence-corrected chi connectivity index (χ3v) is 6.86. The molecule has 0 fully saturated rings. The number of halogens is 1. The lowest BCUT2D eigenvalue weighted by atomic mass is 10.1. The zero-order valence-electron chi connectivity index (χ0n) is 20.7. The van der Waals surface area contributed by atoms with Crippen molar-refractivity contribution in [3.8, 4) is 5.75 Å². The maximum Gasteiger partial charge on any atom is 0.244 e. The van der Waals surface area contributed by atoms with Gasteiger partial charge in [-0.05, 0) is 36.6 Å². The topological polar surface area (TPSA) is 96.0 Å². The van der Waals surface area contributed by atoms with E-state index in [2.05, 4.69) is 5.32 Å². The Balaban J connectivity index is 2.44. The van der Waals surface area contributed by atoms with E-state index in [0.717, 1.165) is 29.0 Å². The Hall–Kier alpha value is -2.78. The van der Waals surface area contributed by atoms with Crippen molar-refractivity contribution >= 4 is 39.1 Å². The van der Waals surface area contributed by atoms with Gasteiger partial charge in [-0.25, -0.2) is 8.42 Å². The lowest BCUT2D eigenvalue weighted by molar-refractivity contribution is -0.140. The van der Waals surface area contributed by atoms with Crippen LogP contribution in [-0.4, -0.2) is 57.6 Å². The number of hydrogen-bond donors (Lipinski definition) is 1. The summed E-state index contributed by atoms with van der Waals surface area (Å²) in [5.41, 5.74) is 0.975. The van der Waals surface area contributed by atoms with Gasteiger partial charge in [0, 0.05) is 18.1 Å². The molecule has 0 heterocycles. The molecule has 8 nitrogen and oxygen atoms in total. The zero-order valence-corrected chi connectivity index (χ0v) is 22.2. The fraction of sp³-hybridized carbons (Fsp3) is 0.440. The number of ether oxygens (including phenoxy) is 1. The Kier molecular flexibility index (Phi) is 10.9. The summed E-state index contributed by atoms with van der Waals surface area (Å²) in [4.78, 5) is 28.1. The Morgan fingerprint density at radius 3 is 2.37 bits per heavy atom. The van der Waals surface area contributed by atoms with Gasteiger partial charge >= 0.3 is 0 Å². The molecule has 192 valence electrons. The van der Waals surface area contributed by atoms with Crippen LogP contribution in [0.3, 0.4) is 0 Å². The van der Waals surface area contributed by atoms with Crippen LogP contribution in [0.2, 0.25) is 5.02 Å². The average Bonchev–Trinajstić information content (AvgIpc) is 2.82. The average molecular weight is 524 g/mol. The number of methoxy groups -OCH3 is 1. The summed E-state index contributed by atoms with van der Waals surface area (Å²) in [7, 11) is -2.49. The lowest BCUT2D eigenvalue weighted by Crippen LogP contribution is -2.52. The van der Waals surface area contributed by atoms with Crippen molar-refractivity contribution in [3.05, 3.63) is 59.1 Å². The van der Waals surface area contributed by atoms with Gasteiger partial charge in [0.25, 0.3) is 0 Å². The molecule has 0 aliphatic heterocycles. The molecule has 0 aromatic heterocycles. The maximum absolute atomic E-state index is 13.7. The standard InChI is InChI=1S/C25H34ClN3O5S/c1-5-7-15-27-25(31)21(6-2)28(17-19-11-9-8-10-12-19)24(30)18-29(35(4,32)33)22-16-20(26)13-14-23(22)34-3/h8-14,16,21H,5-7,15,17-18H2,1-4H3,(H,27,31)/t21-/m0/s1. The molecule has 0 unspecified atom stereocenters. The number of nitrogens with zero attached hydrogens (tertiary/aromatic N) is 2. The third kappa shape index (κ3) is 8.14. The predicted octanol–water partition coefficient (Wildman–Crippen LogP) is 3.84. The molecule has 2 amide bonds. The molecule has 1 atom stereocenters. The number of unbranched alkanes of at least 4 members (excludes halogenated alkanes) is 1. The number of hydrogen-bond acceptors (Lipinski definition) is 5. The van der Waals surface area contributed by atoms with Crippen LogP contribution in [0.4, 0.5) is 5.69 Å². The number of nitrogens with one attached hydrogen (secondary N) is 1. The van der Waals surface area contributed by atoms with Crippen LogP contribution < -0.4 is 14.4 Å². The summed E-state index contributed by atoms with van der Waals surface area (Å²) in [6.45, 7) is 4.00. The van der Waals surface area contributed by atoms with Gasteiger partial charge in [-0.1, -0.05) is 62.2 Å². The number of carbonyl (C=O) groups excluding carboxylic acids is 2. The molecular formula is C25H34ClN3O5S. The van der Waals surface area contributed by atoms with Crippen molar-refractivity contribution < 1.29 is 22.7 Å². The van der Waals surface area contributed by atoms with Gasteiger partial charge in [-0.15, -0.1) is 0 Å². The van der Waals surface area contributed by atoms with Crippen LogP contribution in [0, 0.1) is 0 Å². The molecule has 0 spiro atoms. The van der Waals surface area contributed by atoms with E-state index in [1.54, 1.807) is 6.07 Å². The summed E-state index contributed by atoms with van der Waals surface area (Å²) in [5.74, 6) is -0.526. The minimum atomic E-state index is -3.89. The molecule has 2 aromatic carbocycles. The molecular weight excluding hydrogens is 490 g/mol. The molecule has 0 aliphatic rings. The SMILES string of the molecule is CCCCNC(=O)[C@H](CC)N(Cc1ccccc1)C(=O)CN(c1cc(Cl)ccc1OC)S(C)(=O)=O. The van der Waals surface area contributed by atoms with Crippen molar-refractivity contribution in [1.82, 2.24) is 10.2 Å². The minimum absolute atomic E-state index is 0.149. The van der Waals surface area contributed by atoms with Gasteiger partial charge in [-0.3, -0.25) is 13.9 Å². The zero-order chi connectivity index (χ0) is 26.0. The van der Waals surface area contributed by atoms with Crippen LogP contribution in [0.25, 0.3) is 0 Å². The summed E-state index contributed by atoms with van der Waals surface area (Å²) >= 11 is 6.12. The number of amides is 2. The molecule has 0 aliphatic carbocycles. The molecule has 0 bridgehead atoms. The number of benzene rings is 2. The van der Waals surface area contributed by atoms with E-state index in [1.165, 1.54) is 24.1 Å². The van der Waals surface area contributed by atoms with Crippen molar-refractivity contribution in [2.24, 2.45) is 0 Å². The highest BCUT2D eigenvalue weighted by Crippen LogP contribution is 2.33. The van der Waals surface area contributed by atoms with Crippen molar-refractivity contribution in [3.63, 3.8) is 0 Å². The Bertz CT molecular complexity index is 1100. The van der Waals surface area contributed by atoms with Gasteiger partial charge in [0.1, 0.15) is 18.3 Å². The van der Waals surface area contributed by atoms with Crippen LogP contribution in [0.1, 0.15) is 38.7 Å². The van der Waals surface area contributed by atoms with Gasteiger partial charge in [-0.2, -0.15) is 0 Å². The van der Waals surface area contributed by atoms with E-state index < -0.39 is 28.5 Å². The summed E-state index contributed by atoms with van der Waals surface area (Å²) in [6.07, 6.45) is 3.13. The maximum atomic E-state index is 13.7. The van der Waals surface area contributed by atoms with Crippen LogP contribution in [0.5, 0.6) is 5.75 Å². The monoisotopic (exact) mass is 523 g/mol. The quantitative estimate of drug-likeness (QED) is 0.402. The van der Waals surface area contributed by atoms with E-state index in [0.29, 0.717) is 18.0 Å². The summed E-state index contributed by atoms with van der Waals surface area (Å²) < 4.78 is 31.8. The van der Waals surface area contributed by atoms with E-state index in [1.807, 2.05) is 44.2 Å². The predicted molar refractivity (Wildman–Crippen MR) is 139 cm³/mol. The number of rotatable bonds is 13. The number of sulfonamides is 1. The molecule has 2 rings (SSSR count). The minimum Gasteiger partial charge on any atom is -0.495 e. The number of carbonyl (C=O) groups is 2. The van der Waals surface area contributed by atoms with Crippen LogP contribution >= 0.6 is 11.6 Å². The molecule has 0 saturated carbocycles. The second-order valence-electron chi connectivity index (χ2n) is 8.16. The van der Waals surface area contributed by atoms with E-state index in [4.69, 9.17) is 16.3 Å². The molecule has 35 heavy (non-hydrogen) atoms. The highest BCUT2D eigenvalue weighted by atomic mass is 35.5. The highest BCUT2D eigenvalue weighted by Gasteiger charge is 2.32. The molecule has 1 N–H and O–H groups in total. The molecule has 0 saturated heterocycles. The Morgan fingerprint density at radius 2 is 1.80 bits per heavy atom. The first-order chi connectivity index (χ1) is 16.6. The van der Waals surface area contributed by atoms with Crippen molar-refractivity contribution in [2.75, 3.05) is 30.8 Å². The second-order valence-corrected chi connectivity index (χ2v) is 10.5. The Morgan fingerprint density at radius 1 is 1.11 bits per heavy atom. The fourth-order valence-electron chi connectivity index (χ4n) is 3.66. The fourth-order valence-corrected chi connectivity index (χ4v) is 4.67. The van der Waals surface area contributed by atoms with E-state index >= 15 is 0 Å². The lowest BCUT2D eigenvalue weighted by Gasteiger charge is -2.33. The molecule has 2 aromatic rings. The van der Waals surface area contributed by atoms with Crippen LogP contribution in [-0.2, 0) is 26.2 Å². The molecule has 10 heteroatoms. The van der Waals surface area contributed by atoms with E-state index in [9.17, 15) is 18.0 Å². The Labute approximate surface area is 213 Å². The largest absolute Gasteiger partial charge is 0.495 e. The normalized spacial score (nSPS) is 12.0. The third-order valence-electron chi connectivity index (χ3n) is 5.50. The van der Waals surface area contributed by atoms with Gasteiger partial charge < -0.3 is 15.0 Å². The molecule has 0 radical (unpaired) electrons. The smallest absolute Gasteiger partial charge is 0.244 e.